The molecule has 2 N–H and O–H groups in total. The van der Waals surface area contributed by atoms with Crippen molar-refractivity contribution in [1.82, 2.24) is 0 Å². The van der Waals surface area contributed by atoms with Crippen molar-refractivity contribution in [3.05, 3.63) is 23.3 Å². The molecule has 0 aromatic heterocycles. The van der Waals surface area contributed by atoms with E-state index >= 15 is 0 Å². The van der Waals surface area contributed by atoms with Crippen LogP contribution in [-0.2, 0) is 9.59 Å². The molecule has 16 heavy (non-hydrogen) atoms. The van der Waals surface area contributed by atoms with E-state index < -0.39 is 11.9 Å². The van der Waals surface area contributed by atoms with E-state index in [4.69, 9.17) is 10.2 Å². The molecular weight excluding hydrogens is 208 g/mol. The molecule has 0 bridgehead atoms. The highest BCUT2D eigenvalue weighted by Gasteiger charge is 1.97. The average Bonchev–Trinajstić information content (AvgIpc) is 2.21. The maximum atomic E-state index is 10.4. The van der Waals surface area contributed by atoms with Crippen LogP contribution in [0.1, 0.15) is 26.7 Å². The van der Waals surface area contributed by atoms with Gasteiger partial charge >= 0.3 is 11.9 Å². The van der Waals surface area contributed by atoms with Gasteiger partial charge in [-0.1, -0.05) is 24.0 Å². The molecule has 0 heterocycles. The van der Waals surface area contributed by atoms with E-state index in [1.807, 2.05) is 0 Å². The number of rotatable bonds is 4. The Morgan fingerprint density at radius 3 is 1.50 bits per heavy atom. The zero-order chi connectivity index (χ0) is 12.6. The lowest BCUT2D eigenvalue weighted by atomic mass is 10.2. The summed E-state index contributed by atoms with van der Waals surface area (Å²) in [5.41, 5.74) is 0.512. The molecule has 0 atom stereocenters. The Labute approximate surface area is 94.3 Å². The van der Waals surface area contributed by atoms with Gasteiger partial charge in [-0.15, -0.1) is 0 Å². The van der Waals surface area contributed by atoms with E-state index in [1.165, 1.54) is 26.0 Å². The number of hydrogen-bond acceptors (Lipinski definition) is 2. The molecule has 86 valence electrons. The summed E-state index contributed by atoms with van der Waals surface area (Å²) in [6.45, 7) is 3.00. The van der Waals surface area contributed by atoms with Crippen LogP contribution in [0.5, 0.6) is 0 Å². The van der Waals surface area contributed by atoms with Gasteiger partial charge in [0, 0.05) is 24.0 Å². The van der Waals surface area contributed by atoms with Gasteiger partial charge < -0.3 is 10.2 Å². The minimum atomic E-state index is -0.955. The molecule has 0 aromatic rings. The van der Waals surface area contributed by atoms with Gasteiger partial charge in [0.25, 0.3) is 0 Å². The second kappa shape index (κ2) is 7.30. The van der Waals surface area contributed by atoms with Gasteiger partial charge in [-0.3, -0.25) is 0 Å². The SMILES string of the molecule is C/C(=C\CC#CC/C=C(\C)C(=O)O)C(=O)O. The topological polar surface area (TPSA) is 74.6 Å². The first-order chi connectivity index (χ1) is 7.45. The largest absolute Gasteiger partial charge is 0.478 e. The van der Waals surface area contributed by atoms with Crippen LogP contribution in [0, 0.1) is 11.8 Å². The Morgan fingerprint density at radius 1 is 0.938 bits per heavy atom. The van der Waals surface area contributed by atoms with Gasteiger partial charge in [0.1, 0.15) is 0 Å². The first-order valence-corrected chi connectivity index (χ1v) is 4.71. The van der Waals surface area contributed by atoms with Crippen LogP contribution in [0.15, 0.2) is 23.3 Å². The molecule has 0 aliphatic rings. The molecule has 0 fully saturated rings. The van der Waals surface area contributed by atoms with Crippen molar-refractivity contribution in [3.63, 3.8) is 0 Å². The standard InChI is InChI=1S/C12H14O4/c1-9(11(13)14)7-5-3-4-6-8-10(2)12(15)16/h7-8H,5-6H2,1-2H3,(H,13,14)(H,15,16)/b9-7+,10-8+. The highest BCUT2D eigenvalue weighted by atomic mass is 16.4. The summed E-state index contributed by atoms with van der Waals surface area (Å²) in [5, 5.41) is 17.1. The fourth-order valence-corrected chi connectivity index (χ4v) is 0.727. The molecule has 4 heteroatoms. The monoisotopic (exact) mass is 222 g/mol. The maximum Gasteiger partial charge on any atom is 0.330 e. The first-order valence-electron chi connectivity index (χ1n) is 4.71. The van der Waals surface area contributed by atoms with Crippen LogP contribution in [0.3, 0.4) is 0 Å². The smallest absolute Gasteiger partial charge is 0.330 e. The predicted molar refractivity (Wildman–Crippen MR) is 59.8 cm³/mol. The summed E-state index contributed by atoms with van der Waals surface area (Å²) in [5.74, 6) is 3.57. The number of carbonyl (C=O) groups is 2. The lowest BCUT2D eigenvalue weighted by Crippen LogP contribution is -1.95. The molecule has 0 spiro atoms. The molecule has 0 saturated carbocycles. The first kappa shape index (κ1) is 14.0. The Hall–Kier alpha value is -2.02. The number of carboxylic acids is 2. The van der Waals surface area contributed by atoms with Gasteiger partial charge in [0.05, 0.1) is 0 Å². The van der Waals surface area contributed by atoms with Crippen LogP contribution in [0.25, 0.3) is 0 Å². The van der Waals surface area contributed by atoms with E-state index in [-0.39, 0.29) is 11.1 Å². The van der Waals surface area contributed by atoms with Crippen molar-refractivity contribution in [2.24, 2.45) is 0 Å². The minimum Gasteiger partial charge on any atom is -0.478 e. The number of carboxylic acid groups (broad SMARTS) is 2. The van der Waals surface area contributed by atoms with Crippen LogP contribution in [0.2, 0.25) is 0 Å². The van der Waals surface area contributed by atoms with Gasteiger partial charge in [0.15, 0.2) is 0 Å². The predicted octanol–water partition coefficient (Wildman–Crippen LogP) is 1.83. The van der Waals surface area contributed by atoms with E-state index in [0.717, 1.165) is 0 Å². The summed E-state index contributed by atoms with van der Waals surface area (Å²) in [6.07, 6.45) is 3.75. The van der Waals surface area contributed by atoms with Crippen LogP contribution >= 0.6 is 0 Å². The fraction of sp³-hybridized carbons (Fsp3) is 0.333. The normalized spacial score (nSPS) is 11.6. The van der Waals surface area contributed by atoms with Crippen LogP contribution < -0.4 is 0 Å². The van der Waals surface area contributed by atoms with Gasteiger partial charge in [-0.2, -0.15) is 0 Å². The summed E-state index contributed by atoms with van der Waals surface area (Å²) in [4.78, 5) is 20.8. The number of hydrogen-bond donors (Lipinski definition) is 2. The molecule has 4 nitrogen and oxygen atoms in total. The third-order valence-corrected chi connectivity index (χ3v) is 1.82. The zero-order valence-electron chi connectivity index (χ0n) is 9.28. The van der Waals surface area contributed by atoms with Crippen molar-refractivity contribution in [3.8, 4) is 11.8 Å². The molecule has 0 aromatic carbocycles. The van der Waals surface area contributed by atoms with Gasteiger partial charge in [-0.25, -0.2) is 9.59 Å². The van der Waals surface area contributed by atoms with Gasteiger partial charge in [0.2, 0.25) is 0 Å². The maximum absolute atomic E-state index is 10.4. The van der Waals surface area contributed by atoms with E-state index in [1.54, 1.807) is 0 Å². The van der Waals surface area contributed by atoms with Crippen molar-refractivity contribution in [2.45, 2.75) is 26.7 Å². The second-order valence-corrected chi connectivity index (χ2v) is 3.15. The van der Waals surface area contributed by atoms with Crippen molar-refractivity contribution < 1.29 is 19.8 Å². The third kappa shape index (κ3) is 6.44. The fourth-order valence-electron chi connectivity index (χ4n) is 0.727. The number of aliphatic carboxylic acids is 2. The zero-order valence-corrected chi connectivity index (χ0v) is 9.28. The summed E-state index contributed by atoms with van der Waals surface area (Å²) < 4.78 is 0. The summed E-state index contributed by atoms with van der Waals surface area (Å²) in [6, 6.07) is 0. The molecule has 0 amide bonds. The van der Waals surface area contributed by atoms with E-state index in [9.17, 15) is 9.59 Å². The summed E-state index contributed by atoms with van der Waals surface area (Å²) in [7, 11) is 0. The van der Waals surface area contributed by atoms with Crippen LogP contribution in [-0.4, -0.2) is 22.2 Å². The molecule has 0 saturated heterocycles. The summed E-state index contributed by atoms with van der Waals surface area (Å²) >= 11 is 0. The highest BCUT2D eigenvalue weighted by Crippen LogP contribution is 1.96. The number of allylic oxidation sites excluding steroid dienone is 2. The van der Waals surface area contributed by atoms with E-state index in [2.05, 4.69) is 11.8 Å². The highest BCUT2D eigenvalue weighted by molar-refractivity contribution is 5.86. The Kier molecular flexibility index (Phi) is 6.37. The Balaban J connectivity index is 4.07. The molecule has 0 rings (SSSR count). The quantitative estimate of drug-likeness (QED) is 0.562. The molecule has 0 aliphatic heterocycles. The van der Waals surface area contributed by atoms with E-state index in [0.29, 0.717) is 12.8 Å². The molecule has 0 radical (unpaired) electrons. The average molecular weight is 222 g/mol. The Bertz CT molecular complexity index is 355. The van der Waals surface area contributed by atoms with Crippen molar-refractivity contribution in [2.75, 3.05) is 0 Å². The lowest BCUT2D eigenvalue weighted by molar-refractivity contribution is -0.133. The lowest BCUT2D eigenvalue weighted by Gasteiger charge is -1.89. The van der Waals surface area contributed by atoms with Crippen molar-refractivity contribution in [1.29, 1.82) is 0 Å². The minimum absolute atomic E-state index is 0.256. The van der Waals surface area contributed by atoms with Crippen LogP contribution in [0.4, 0.5) is 0 Å². The second-order valence-electron chi connectivity index (χ2n) is 3.15. The Morgan fingerprint density at radius 2 is 1.25 bits per heavy atom. The molecule has 0 unspecified atom stereocenters. The molecular formula is C12H14O4. The van der Waals surface area contributed by atoms with Gasteiger partial charge in [-0.05, 0) is 13.8 Å². The van der Waals surface area contributed by atoms with Crippen molar-refractivity contribution >= 4 is 11.9 Å². The third-order valence-electron chi connectivity index (χ3n) is 1.82. The molecule has 0 aliphatic carbocycles.